The molecule has 0 radical (unpaired) electrons. The minimum absolute atomic E-state index is 0.00786. The van der Waals surface area contributed by atoms with E-state index in [4.69, 9.17) is 9.47 Å². The summed E-state index contributed by atoms with van der Waals surface area (Å²) in [7, 11) is 0. The summed E-state index contributed by atoms with van der Waals surface area (Å²) in [6.45, 7) is 6.36. The fraction of sp³-hybridized carbons (Fsp3) is 0.417. The van der Waals surface area contributed by atoms with Gasteiger partial charge in [0.15, 0.2) is 13.2 Å². The van der Waals surface area contributed by atoms with Crippen molar-refractivity contribution >= 4 is 11.8 Å². The van der Waals surface area contributed by atoms with Crippen molar-refractivity contribution in [3.8, 4) is 11.5 Å². The Labute approximate surface area is 178 Å². The molecule has 1 aliphatic heterocycles. The summed E-state index contributed by atoms with van der Waals surface area (Å²) in [5.41, 5.74) is 2.24. The van der Waals surface area contributed by atoms with Crippen LogP contribution >= 0.6 is 0 Å². The van der Waals surface area contributed by atoms with Crippen molar-refractivity contribution < 1.29 is 19.1 Å². The average Bonchev–Trinajstić information content (AvgIpc) is 3.03. The number of benzene rings is 2. The number of nitrogens with zero attached hydrogens (tertiary/aromatic N) is 2. The number of para-hydroxylation sites is 1. The summed E-state index contributed by atoms with van der Waals surface area (Å²) < 4.78 is 11.4. The molecule has 0 spiro atoms. The van der Waals surface area contributed by atoms with Gasteiger partial charge in [-0.05, 0) is 43.5 Å². The molecular formula is C24H30N2O4. The molecule has 30 heavy (non-hydrogen) atoms. The highest BCUT2D eigenvalue weighted by molar-refractivity contribution is 5.79. The van der Waals surface area contributed by atoms with Crippen molar-refractivity contribution in [2.24, 2.45) is 0 Å². The van der Waals surface area contributed by atoms with E-state index in [2.05, 4.69) is 6.92 Å². The van der Waals surface area contributed by atoms with Gasteiger partial charge in [-0.3, -0.25) is 9.59 Å². The molecule has 2 aromatic rings. The fourth-order valence-electron chi connectivity index (χ4n) is 3.45. The van der Waals surface area contributed by atoms with Gasteiger partial charge in [-0.15, -0.1) is 0 Å². The van der Waals surface area contributed by atoms with Crippen molar-refractivity contribution in [3.05, 3.63) is 59.7 Å². The van der Waals surface area contributed by atoms with Gasteiger partial charge in [0.2, 0.25) is 0 Å². The van der Waals surface area contributed by atoms with E-state index in [1.165, 1.54) is 0 Å². The molecule has 0 atom stereocenters. The molecule has 1 saturated heterocycles. The van der Waals surface area contributed by atoms with E-state index in [0.29, 0.717) is 31.9 Å². The van der Waals surface area contributed by atoms with E-state index in [9.17, 15) is 9.59 Å². The Morgan fingerprint density at radius 1 is 0.833 bits per heavy atom. The topological polar surface area (TPSA) is 59.1 Å². The van der Waals surface area contributed by atoms with Crippen LogP contribution in [-0.4, -0.2) is 61.0 Å². The lowest BCUT2D eigenvalue weighted by atomic mass is 10.1. The highest BCUT2D eigenvalue weighted by Crippen LogP contribution is 2.18. The Morgan fingerprint density at radius 3 is 2.07 bits per heavy atom. The Balaban J connectivity index is 1.46. The lowest BCUT2D eigenvalue weighted by Gasteiger charge is -2.22. The quantitative estimate of drug-likeness (QED) is 0.704. The first kappa shape index (κ1) is 21.7. The molecule has 2 amide bonds. The highest BCUT2D eigenvalue weighted by Gasteiger charge is 2.22. The molecular weight excluding hydrogens is 380 g/mol. The van der Waals surface area contributed by atoms with Crippen molar-refractivity contribution in [2.45, 2.75) is 26.7 Å². The number of carbonyl (C=O) groups is 2. The van der Waals surface area contributed by atoms with E-state index in [-0.39, 0.29) is 25.0 Å². The third kappa shape index (κ3) is 5.99. The lowest BCUT2D eigenvalue weighted by molar-refractivity contribution is -0.135. The predicted molar refractivity (Wildman–Crippen MR) is 116 cm³/mol. The summed E-state index contributed by atoms with van der Waals surface area (Å²) in [6.07, 6.45) is 1.60. The molecule has 0 N–H and O–H groups in total. The molecule has 6 nitrogen and oxygen atoms in total. The highest BCUT2D eigenvalue weighted by atomic mass is 16.5. The largest absolute Gasteiger partial charge is 0.484 e. The second kappa shape index (κ2) is 10.7. The molecule has 1 fully saturated rings. The molecule has 0 aliphatic carbocycles. The van der Waals surface area contributed by atoms with Crippen molar-refractivity contribution in [1.82, 2.24) is 9.80 Å². The van der Waals surface area contributed by atoms with Gasteiger partial charge in [-0.25, -0.2) is 0 Å². The summed E-state index contributed by atoms with van der Waals surface area (Å²) in [4.78, 5) is 28.7. The molecule has 2 aromatic carbocycles. The Bertz CT molecular complexity index is 851. The number of rotatable bonds is 7. The van der Waals surface area contributed by atoms with Crippen LogP contribution in [0.2, 0.25) is 0 Å². The molecule has 0 bridgehead atoms. The van der Waals surface area contributed by atoms with Crippen LogP contribution in [0.5, 0.6) is 11.5 Å². The van der Waals surface area contributed by atoms with Gasteiger partial charge >= 0.3 is 0 Å². The van der Waals surface area contributed by atoms with E-state index in [1.807, 2.05) is 55.5 Å². The summed E-state index contributed by atoms with van der Waals surface area (Å²) in [5.74, 6) is 1.34. The van der Waals surface area contributed by atoms with Gasteiger partial charge in [-0.1, -0.05) is 42.8 Å². The summed E-state index contributed by atoms with van der Waals surface area (Å²) in [5, 5.41) is 0. The summed E-state index contributed by atoms with van der Waals surface area (Å²) >= 11 is 0. The van der Waals surface area contributed by atoms with Crippen LogP contribution in [0.25, 0.3) is 0 Å². The van der Waals surface area contributed by atoms with Gasteiger partial charge in [-0.2, -0.15) is 0 Å². The number of ether oxygens (including phenoxy) is 2. The molecule has 0 aromatic heterocycles. The van der Waals surface area contributed by atoms with Crippen LogP contribution in [0.4, 0.5) is 0 Å². The van der Waals surface area contributed by atoms with E-state index in [0.717, 1.165) is 29.7 Å². The zero-order valence-electron chi connectivity index (χ0n) is 17.8. The minimum Gasteiger partial charge on any atom is -0.484 e. The molecule has 1 heterocycles. The Morgan fingerprint density at radius 2 is 1.43 bits per heavy atom. The molecule has 0 unspecified atom stereocenters. The van der Waals surface area contributed by atoms with Gasteiger partial charge in [0, 0.05) is 26.2 Å². The van der Waals surface area contributed by atoms with E-state index < -0.39 is 0 Å². The van der Waals surface area contributed by atoms with Crippen LogP contribution in [0.1, 0.15) is 24.5 Å². The number of amides is 2. The number of hydrogen-bond acceptors (Lipinski definition) is 4. The fourth-order valence-corrected chi connectivity index (χ4v) is 3.45. The number of aryl methyl sites for hydroxylation is 2. The van der Waals surface area contributed by atoms with Gasteiger partial charge in [0.25, 0.3) is 11.8 Å². The standard InChI is InChI=1S/C24H30N2O4/c1-3-20-7-4-5-8-22(20)30-18-24(28)26-14-6-13-25(15-16-26)23(27)17-29-21-11-9-19(2)10-12-21/h4-5,7-12H,3,6,13-18H2,1-2H3. The first-order chi connectivity index (χ1) is 14.6. The van der Waals surface area contributed by atoms with Crippen LogP contribution < -0.4 is 9.47 Å². The zero-order valence-corrected chi connectivity index (χ0v) is 17.8. The Hall–Kier alpha value is -3.02. The van der Waals surface area contributed by atoms with E-state index in [1.54, 1.807) is 9.80 Å². The third-order valence-electron chi connectivity index (χ3n) is 5.29. The van der Waals surface area contributed by atoms with Gasteiger partial charge < -0.3 is 19.3 Å². The molecule has 3 rings (SSSR count). The summed E-state index contributed by atoms with van der Waals surface area (Å²) in [6, 6.07) is 15.4. The second-order valence-electron chi connectivity index (χ2n) is 7.47. The maximum absolute atomic E-state index is 12.6. The first-order valence-corrected chi connectivity index (χ1v) is 10.5. The third-order valence-corrected chi connectivity index (χ3v) is 5.29. The Kier molecular flexibility index (Phi) is 7.71. The normalized spacial score (nSPS) is 14.2. The maximum atomic E-state index is 12.6. The monoisotopic (exact) mass is 410 g/mol. The van der Waals surface area contributed by atoms with Gasteiger partial charge in [0.1, 0.15) is 11.5 Å². The minimum atomic E-state index is -0.0574. The lowest BCUT2D eigenvalue weighted by Crippen LogP contribution is -2.40. The van der Waals surface area contributed by atoms with Crippen molar-refractivity contribution in [2.75, 3.05) is 39.4 Å². The van der Waals surface area contributed by atoms with Crippen LogP contribution in [0, 0.1) is 6.92 Å². The average molecular weight is 411 g/mol. The second-order valence-corrected chi connectivity index (χ2v) is 7.47. The molecule has 160 valence electrons. The van der Waals surface area contributed by atoms with Crippen molar-refractivity contribution in [1.29, 1.82) is 0 Å². The van der Waals surface area contributed by atoms with Crippen molar-refractivity contribution in [3.63, 3.8) is 0 Å². The zero-order chi connectivity index (χ0) is 21.3. The molecule has 0 saturated carbocycles. The maximum Gasteiger partial charge on any atom is 0.260 e. The number of carbonyl (C=O) groups excluding carboxylic acids is 2. The van der Waals surface area contributed by atoms with Gasteiger partial charge in [0.05, 0.1) is 0 Å². The van der Waals surface area contributed by atoms with Crippen LogP contribution in [0.15, 0.2) is 48.5 Å². The smallest absolute Gasteiger partial charge is 0.260 e. The SMILES string of the molecule is CCc1ccccc1OCC(=O)N1CCCN(C(=O)COc2ccc(C)cc2)CC1. The first-order valence-electron chi connectivity index (χ1n) is 10.5. The van der Waals surface area contributed by atoms with E-state index >= 15 is 0 Å². The molecule has 1 aliphatic rings. The number of hydrogen-bond donors (Lipinski definition) is 0. The van der Waals surface area contributed by atoms with Crippen LogP contribution in [0.3, 0.4) is 0 Å². The predicted octanol–water partition coefficient (Wildman–Crippen LogP) is 3.08. The van der Waals surface area contributed by atoms with Crippen LogP contribution in [-0.2, 0) is 16.0 Å². The molecule has 6 heteroatoms.